The average Bonchev–Trinajstić information content (AvgIpc) is 2.62. The fourth-order valence-corrected chi connectivity index (χ4v) is 1.82. The summed E-state index contributed by atoms with van der Waals surface area (Å²) in [5, 5.41) is 0. The molecule has 0 aliphatic heterocycles. The van der Waals surface area contributed by atoms with Gasteiger partial charge >= 0.3 is 0 Å². The number of rotatable bonds is 0. The van der Waals surface area contributed by atoms with Gasteiger partial charge in [0.1, 0.15) is 0 Å². The Morgan fingerprint density at radius 3 is 2.90 bits per heavy atom. The highest BCUT2D eigenvalue weighted by Crippen LogP contribution is 2.49. The molecular formula is C9H13N. The van der Waals surface area contributed by atoms with E-state index in [-0.39, 0.29) is 0 Å². The third-order valence-electron chi connectivity index (χ3n) is 2.71. The maximum Gasteiger partial charge on any atom is 0.0332 e. The topological polar surface area (TPSA) is 26.0 Å². The van der Waals surface area contributed by atoms with Crippen LogP contribution in [0.15, 0.2) is 22.9 Å². The normalized spacial score (nSPS) is 37.2. The molecule has 2 N–H and O–H groups in total. The van der Waals surface area contributed by atoms with Gasteiger partial charge in [-0.25, -0.2) is 0 Å². The van der Waals surface area contributed by atoms with Crippen molar-refractivity contribution in [3.8, 4) is 0 Å². The first-order chi connectivity index (χ1) is 4.70. The predicted molar refractivity (Wildman–Crippen MR) is 42.2 cm³/mol. The van der Waals surface area contributed by atoms with Crippen molar-refractivity contribution in [1.82, 2.24) is 0 Å². The standard InChI is InChI=1S/C9H13N/c1-5-3-7-4-8(7)6(2)9(5)10/h3,7-8H,4,10H2,1-2H3/t7?,8-/m0/s1. The molecule has 0 aromatic heterocycles. The molecule has 1 fully saturated rings. The molecule has 0 radical (unpaired) electrons. The summed E-state index contributed by atoms with van der Waals surface area (Å²) in [7, 11) is 0. The Balaban J connectivity index is 2.41. The molecule has 0 spiro atoms. The van der Waals surface area contributed by atoms with Crippen LogP contribution in [-0.4, -0.2) is 0 Å². The van der Waals surface area contributed by atoms with E-state index in [4.69, 9.17) is 5.73 Å². The van der Waals surface area contributed by atoms with Gasteiger partial charge in [0.25, 0.3) is 0 Å². The van der Waals surface area contributed by atoms with Crippen LogP contribution in [0.25, 0.3) is 0 Å². The van der Waals surface area contributed by atoms with Gasteiger partial charge in [-0.3, -0.25) is 0 Å². The van der Waals surface area contributed by atoms with Gasteiger partial charge < -0.3 is 5.73 Å². The molecule has 2 atom stereocenters. The highest BCUT2D eigenvalue weighted by atomic mass is 14.6. The van der Waals surface area contributed by atoms with Crippen LogP contribution in [0.1, 0.15) is 20.3 Å². The quantitative estimate of drug-likeness (QED) is 0.538. The number of hydrogen-bond acceptors (Lipinski definition) is 1. The molecule has 2 aliphatic rings. The molecular weight excluding hydrogens is 122 g/mol. The Labute approximate surface area is 61.6 Å². The van der Waals surface area contributed by atoms with Crippen molar-refractivity contribution in [2.24, 2.45) is 17.6 Å². The van der Waals surface area contributed by atoms with Gasteiger partial charge in [-0.1, -0.05) is 6.08 Å². The van der Waals surface area contributed by atoms with Crippen LogP contribution >= 0.6 is 0 Å². The summed E-state index contributed by atoms with van der Waals surface area (Å²) in [6.45, 7) is 4.27. The first-order valence-electron chi connectivity index (χ1n) is 3.85. The van der Waals surface area contributed by atoms with Crippen molar-refractivity contribution < 1.29 is 0 Å². The van der Waals surface area contributed by atoms with E-state index >= 15 is 0 Å². The van der Waals surface area contributed by atoms with Gasteiger partial charge in [-0.05, 0) is 43.3 Å². The third-order valence-corrected chi connectivity index (χ3v) is 2.71. The van der Waals surface area contributed by atoms with E-state index in [1.807, 2.05) is 0 Å². The van der Waals surface area contributed by atoms with Crippen LogP contribution in [0.5, 0.6) is 0 Å². The van der Waals surface area contributed by atoms with Crippen LogP contribution < -0.4 is 5.73 Å². The molecule has 0 heterocycles. The highest BCUT2D eigenvalue weighted by molar-refractivity contribution is 5.40. The summed E-state index contributed by atoms with van der Waals surface area (Å²) < 4.78 is 0. The largest absolute Gasteiger partial charge is 0.399 e. The minimum atomic E-state index is 0.809. The van der Waals surface area contributed by atoms with Crippen molar-refractivity contribution >= 4 is 0 Å². The maximum atomic E-state index is 5.85. The predicted octanol–water partition coefficient (Wildman–Crippen LogP) is 1.82. The Morgan fingerprint density at radius 2 is 2.20 bits per heavy atom. The van der Waals surface area contributed by atoms with E-state index in [9.17, 15) is 0 Å². The minimum absolute atomic E-state index is 0.809. The van der Waals surface area contributed by atoms with Gasteiger partial charge in [0.2, 0.25) is 0 Å². The lowest BCUT2D eigenvalue weighted by atomic mass is 9.98. The molecule has 0 bridgehead atoms. The van der Waals surface area contributed by atoms with E-state index < -0.39 is 0 Å². The van der Waals surface area contributed by atoms with E-state index in [2.05, 4.69) is 19.9 Å². The SMILES string of the molecule is CC1=CC2C[C@H]2C(C)=C1N. The molecule has 0 amide bonds. The lowest BCUT2D eigenvalue weighted by Crippen LogP contribution is -2.07. The number of nitrogens with two attached hydrogens (primary N) is 1. The van der Waals surface area contributed by atoms with Crippen molar-refractivity contribution in [3.05, 3.63) is 22.9 Å². The Bertz CT molecular complexity index is 235. The third kappa shape index (κ3) is 0.634. The number of hydrogen-bond donors (Lipinski definition) is 1. The minimum Gasteiger partial charge on any atom is -0.399 e. The Kier molecular flexibility index (Phi) is 0.997. The zero-order valence-electron chi connectivity index (χ0n) is 6.52. The fourth-order valence-electron chi connectivity index (χ4n) is 1.82. The monoisotopic (exact) mass is 135 g/mol. The molecule has 1 heteroatoms. The number of fused-ring (bicyclic) bond motifs is 1. The smallest absolute Gasteiger partial charge is 0.0332 e. The molecule has 2 rings (SSSR count). The molecule has 1 nitrogen and oxygen atoms in total. The molecule has 2 aliphatic carbocycles. The number of allylic oxidation sites excluding steroid dienone is 3. The summed E-state index contributed by atoms with van der Waals surface area (Å²) in [5.41, 5.74) is 9.60. The molecule has 54 valence electrons. The van der Waals surface area contributed by atoms with Crippen molar-refractivity contribution in [1.29, 1.82) is 0 Å². The van der Waals surface area contributed by atoms with E-state index in [0.717, 1.165) is 17.5 Å². The molecule has 0 aromatic carbocycles. The second-order valence-electron chi connectivity index (χ2n) is 3.45. The van der Waals surface area contributed by atoms with Crippen molar-refractivity contribution in [2.75, 3.05) is 0 Å². The molecule has 1 saturated carbocycles. The van der Waals surface area contributed by atoms with E-state index in [0.29, 0.717) is 0 Å². The van der Waals surface area contributed by atoms with Crippen molar-refractivity contribution in [3.63, 3.8) is 0 Å². The van der Waals surface area contributed by atoms with Crippen LogP contribution in [0.2, 0.25) is 0 Å². The van der Waals surface area contributed by atoms with E-state index in [1.54, 1.807) is 0 Å². The van der Waals surface area contributed by atoms with Gasteiger partial charge in [-0.2, -0.15) is 0 Å². The van der Waals surface area contributed by atoms with Gasteiger partial charge in [0.05, 0.1) is 0 Å². The lowest BCUT2D eigenvalue weighted by Gasteiger charge is -2.11. The van der Waals surface area contributed by atoms with Crippen molar-refractivity contribution in [2.45, 2.75) is 20.3 Å². The second-order valence-corrected chi connectivity index (χ2v) is 3.45. The van der Waals surface area contributed by atoms with Crippen LogP contribution in [-0.2, 0) is 0 Å². The van der Waals surface area contributed by atoms with E-state index in [1.165, 1.54) is 17.6 Å². The maximum absolute atomic E-state index is 5.85. The van der Waals surface area contributed by atoms with Crippen LogP contribution in [0.4, 0.5) is 0 Å². The molecule has 0 aromatic rings. The second kappa shape index (κ2) is 1.66. The van der Waals surface area contributed by atoms with Gasteiger partial charge in [-0.15, -0.1) is 0 Å². The van der Waals surface area contributed by atoms with Crippen LogP contribution in [0.3, 0.4) is 0 Å². The first-order valence-corrected chi connectivity index (χ1v) is 3.85. The molecule has 10 heavy (non-hydrogen) atoms. The Hall–Kier alpha value is -0.720. The van der Waals surface area contributed by atoms with Gasteiger partial charge in [0.15, 0.2) is 0 Å². The van der Waals surface area contributed by atoms with Gasteiger partial charge in [0, 0.05) is 5.70 Å². The summed E-state index contributed by atoms with van der Waals surface area (Å²) >= 11 is 0. The zero-order valence-corrected chi connectivity index (χ0v) is 6.52. The molecule has 1 unspecified atom stereocenters. The summed E-state index contributed by atoms with van der Waals surface area (Å²) in [6, 6.07) is 0. The molecule has 0 saturated heterocycles. The average molecular weight is 135 g/mol. The fraction of sp³-hybridized carbons (Fsp3) is 0.556. The highest BCUT2D eigenvalue weighted by Gasteiger charge is 2.39. The zero-order chi connectivity index (χ0) is 7.30. The summed E-state index contributed by atoms with van der Waals surface area (Å²) in [6.07, 6.45) is 3.65. The Morgan fingerprint density at radius 1 is 1.50 bits per heavy atom. The lowest BCUT2D eigenvalue weighted by molar-refractivity contribution is 0.867. The van der Waals surface area contributed by atoms with Crippen LogP contribution in [0, 0.1) is 11.8 Å². The first kappa shape index (κ1) is 6.02. The summed E-state index contributed by atoms with van der Waals surface area (Å²) in [5.74, 6) is 1.65. The summed E-state index contributed by atoms with van der Waals surface area (Å²) in [4.78, 5) is 0.